The summed E-state index contributed by atoms with van der Waals surface area (Å²) in [7, 11) is 0. The molecule has 0 aliphatic heterocycles. The zero-order valence-electron chi connectivity index (χ0n) is 13.0. The van der Waals surface area contributed by atoms with Gasteiger partial charge in [0.25, 0.3) is 0 Å². The first-order valence-electron chi connectivity index (χ1n) is 7.37. The molecule has 0 spiro atoms. The highest BCUT2D eigenvalue weighted by Crippen LogP contribution is 2.25. The van der Waals surface area contributed by atoms with Crippen molar-refractivity contribution in [2.75, 3.05) is 11.9 Å². The molecule has 0 atom stereocenters. The van der Waals surface area contributed by atoms with E-state index in [1.807, 2.05) is 0 Å². The molecule has 0 amide bonds. The number of thiazole rings is 1. The number of nitrogens with one attached hydrogen (secondary N) is 1. The first-order valence-corrected chi connectivity index (χ1v) is 8.25. The highest BCUT2D eigenvalue weighted by atomic mass is 32.1. The quantitative estimate of drug-likeness (QED) is 0.848. The number of rotatable bonds is 6. The van der Waals surface area contributed by atoms with Gasteiger partial charge in [-0.15, -0.1) is 11.3 Å². The third-order valence-corrected chi connectivity index (χ3v) is 4.53. The maximum atomic E-state index is 8.89. The number of hydrogen-bond acceptors (Lipinski definition) is 4. The number of aliphatic hydroxyl groups is 1. The van der Waals surface area contributed by atoms with Crippen LogP contribution in [0.4, 0.5) is 5.69 Å². The predicted octanol–water partition coefficient (Wildman–Crippen LogP) is 3.98. The van der Waals surface area contributed by atoms with Gasteiger partial charge < -0.3 is 10.4 Å². The maximum absolute atomic E-state index is 8.89. The van der Waals surface area contributed by atoms with Crippen molar-refractivity contribution >= 4 is 17.0 Å². The molecule has 114 valence electrons. The highest BCUT2D eigenvalue weighted by molar-refractivity contribution is 7.09. The van der Waals surface area contributed by atoms with Gasteiger partial charge in [0.05, 0.1) is 17.2 Å². The molecule has 2 N–H and O–H groups in total. The molecule has 1 aromatic heterocycles. The van der Waals surface area contributed by atoms with E-state index in [0.29, 0.717) is 0 Å². The van der Waals surface area contributed by atoms with E-state index in [9.17, 15) is 0 Å². The summed E-state index contributed by atoms with van der Waals surface area (Å²) < 4.78 is 0. The Kier molecular flexibility index (Phi) is 5.37. The van der Waals surface area contributed by atoms with E-state index in [-0.39, 0.29) is 12.0 Å². The van der Waals surface area contributed by atoms with Crippen molar-refractivity contribution < 1.29 is 5.11 Å². The van der Waals surface area contributed by atoms with Crippen LogP contribution in [0, 0.1) is 0 Å². The third-order valence-electron chi connectivity index (χ3n) is 3.22. The van der Waals surface area contributed by atoms with E-state index in [1.54, 1.807) is 11.3 Å². The second kappa shape index (κ2) is 7.05. The molecule has 0 unspecified atom stereocenters. The largest absolute Gasteiger partial charge is 0.396 e. The van der Waals surface area contributed by atoms with E-state index in [2.05, 4.69) is 55.7 Å². The third kappa shape index (κ3) is 4.83. The molecule has 1 aromatic carbocycles. The molecular formula is C17H24N2OS. The zero-order valence-corrected chi connectivity index (χ0v) is 13.8. The Morgan fingerprint density at radius 2 is 2.10 bits per heavy atom. The molecule has 21 heavy (non-hydrogen) atoms. The van der Waals surface area contributed by atoms with Crippen LogP contribution < -0.4 is 5.32 Å². The van der Waals surface area contributed by atoms with Crippen LogP contribution in [-0.2, 0) is 18.4 Å². The first kappa shape index (κ1) is 16.0. The summed E-state index contributed by atoms with van der Waals surface area (Å²) in [6.07, 6.45) is 1.72. The molecular weight excluding hydrogens is 280 g/mol. The molecule has 2 rings (SSSR count). The molecule has 0 aliphatic rings. The molecule has 0 bridgehead atoms. The van der Waals surface area contributed by atoms with Crippen molar-refractivity contribution in [3.8, 4) is 0 Å². The Hall–Kier alpha value is -1.39. The van der Waals surface area contributed by atoms with Crippen LogP contribution in [0.15, 0.2) is 29.6 Å². The topological polar surface area (TPSA) is 45.2 Å². The predicted molar refractivity (Wildman–Crippen MR) is 90.0 cm³/mol. The van der Waals surface area contributed by atoms with Gasteiger partial charge in [-0.3, -0.25) is 0 Å². The molecule has 2 aromatic rings. The Morgan fingerprint density at radius 3 is 2.76 bits per heavy atom. The summed E-state index contributed by atoms with van der Waals surface area (Å²) in [5, 5.41) is 15.6. The summed E-state index contributed by atoms with van der Waals surface area (Å²) >= 11 is 1.73. The van der Waals surface area contributed by atoms with Crippen molar-refractivity contribution in [2.24, 2.45) is 0 Å². The number of hydrogen-bond donors (Lipinski definition) is 2. The van der Waals surface area contributed by atoms with E-state index >= 15 is 0 Å². The minimum atomic E-state index is 0.118. The summed E-state index contributed by atoms with van der Waals surface area (Å²) in [4.78, 5) is 4.69. The van der Waals surface area contributed by atoms with Crippen LogP contribution in [0.1, 0.15) is 43.5 Å². The van der Waals surface area contributed by atoms with Gasteiger partial charge in [0, 0.05) is 23.1 Å². The van der Waals surface area contributed by atoms with Gasteiger partial charge in [0.1, 0.15) is 0 Å². The van der Waals surface area contributed by atoms with E-state index in [4.69, 9.17) is 10.1 Å². The standard InChI is InChI=1S/C17H24N2OS/c1-17(2,3)16-19-15(12-21-16)11-18-14-8-4-6-13(10-14)7-5-9-20/h4,6,8,10,12,18,20H,5,7,9,11H2,1-3H3. The lowest BCUT2D eigenvalue weighted by atomic mass is 9.98. The molecule has 1 heterocycles. The Bertz CT molecular complexity index is 572. The molecule has 0 fully saturated rings. The lowest BCUT2D eigenvalue weighted by Crippen LogP contribution is -2.11. The molecule has 0 radical (unpaired) electrons. The van der Waals surface area contributed by atoms with Crippen LogP contribution in [0.25, 0.3) is 0 Å². The van der Waals surface area contributed by atoms with Gasteiger partial charge in [-0.1, -0.05) is 32.9 Å². The van der Waals surface area contributed by atoms with Crippen molar-refractivity contribution in [2.45, 2.75) is 45.6 Å². The number of aliphatic hydroxyl groups excluding tert-OH is 1. The fraction of sp³-hybridized carbons (Fsp3) is 0.471. The normalized spacial score (nSPS) is 11.6. The lowest BCUT2D eigenvalue weighted by molar-refractivity contribution is 0.288. The Balaban J connectivity index is 1.95. The van der Waals surface area contributed by atoms with Crippen LogP contribution in [0.5, 0.6) is 0 Å². The Labute approximate surface area is 131 Å². The van der Waals surface area contributed by atoms with Crippen molar-refractivity contribution in [3.05, 3.63) is 45.9 Å². The average Bonchev–Trinajstić information content (AvgIpc) is 2.92. The fourth-order valence-corrected chi connectivity index (χ4v) is 2.95. The van der Waals surface area contributed by atoms with Gasteiger partial charge in [0.2, 0.25) is 0 Å². The molecule has 0 aliphatic carbocycles. The monoisotopic (exact) mass is 304 g/mol. The fourth-order valence-electron chi connectivity index (χ4n) is 2.05. The maximum Gasteiger partial charge on any atom is 0.0982 e. The average molecular weight is 304 g/mol. The SMILES string of the molecule is CC(C)(C)c1nc(CNc2cccc(CCCO)c2)cs1. The van der Waals surface area contributed by atoms with Gasteiger partial charge >= 0.3 is 0 Å². The van der Waals surface area contributed by atoms with Crippen LogP contribution in [0.3, 0.4) is 0 Å². The summed E-state index contributed by atoms with van der Waals surface area (Å²) in [5.41, 5.74) is 3.57. The highest BCUT2D eigenvalue weighted by Gasteiger charge is 2.17. The minimum absolute atomic E-state index is 0.118. The summed E-state index contributed by atoms with van der Waals surface area (Å²) in [5.74, 6) is 0. The Morgan fingerprint density at radius 1 is 1.29 bits per heavy atom. The number of nitrogens with zero attached hydrogens (tertiary/aromatic N) is 1. The van der Waals surface area contributed by atoms with Gasteiger partial charge in [-0.25, -0.2) is 4.98 Å². The summed E-state index contributed by atoms with van der Waals surface area (Å²) in [6.45, 7) is 7.55. The van der Waals surface area contributed by atoms with Crippen molar-refractivity contribution in [3.63, 3.8) is 0 Å². The van der Waals surface area contributed by atoms with Crippen LogP contribution >= 0.6 is 11.3 Å². The number of aryl methyl sites for hydroxylation is 1. The van der Waals surface area contributed by atoms with Crippen LogP contribution in [0.2, 0.25) is 0 Å². The zero-order chi connectivity index (χ0) is 15.3. The smallest absolute Gasteiger partial charge is 0.0982 e. The van der Waals surface area contributed by atoms with E-state index in [1.165, 1.54) is 10.6 Å². The summed E-state index contributed by atoms with van der Waals surface area (Å²) in [6, 6.07) is 8.37. The second-order valence-electron chi connectivity index (χ2n) is 6.28. The molecule has 4 heteroatoms. The lowest BCUT2D eigenvalue weighted by Gasteiger charge is -2.13. The van der Waals surface area contributed by atoms with Gasteiger partial charge in [-0.05, 0) is 30.5 Å². The number of aromatic nitrogens is 1. The van der Waals surface area contributed by atoms with Crippen molar-refractivity contribution in [1.29, 1.82) is 0 Å². The van der Waals surface area contributed by atoms with Gasteiger partial charge in [0.15, 0.2) is 0 Å². The molecule has 0 saturated carbocycles. The first-order chi connectivity index (χ1) is 9.99. The van der Waals surface area contributed by atoms with E-state index < -0.39 is 0 Å². The van der Waals surface area contributed by atoms with E-state index in [0.717, 1.165) is 30.8 Å². The molecule has 3 nitrogen and oxygen atoms in total. The number of benzene rings is 1. The number of anilines is 1. The minimum Gasteiger partial charge on any atom is -0.396 e. The van der Waals surface area contributed by atoms with Crippen molar-refractivity contribution in [1.82, 2.24) is 4.98 Å². The van der Waals surface area contributed by atoms with Gasteiger partial charge in [-0.2, -0.15) is 0 Å². The van der Waals surface area contributed by atoms with Crippen LogP contribution in [-0.4, -0.2) is 16.7 Å². The second-order valence-corrected chi connectivity index (χ2v) is 7.13. The molecule has 0 saturated heterocycles.